The molecule has 0 bridgehead atoms. The monoisotopic (exact) mass is 549 g/mol. The molecule has 1 N–H and O–H groups in total. The van der Waals surface area contributed by atoms with Crippen LogP contribution in [-0.4, -0.2) is 50.8 Å². The van der Waals surface area contributed by atoms with Gasteiger partial charge in [-0.3, -0.25) is 13.9 Å². The highest BCUT2D eigenvalue weighted by Gasteiger charge is 2.32. The average molecular weight is 550 g/mol. The number of aryl methyl sites for hydroxylation is 2. The van der Waals surface area contributed by atoms with Crippen LogP contribution in [0.4, 0.5) is 5.69 Å². The van der Waals surface area contributed by atoms with Gasteiger partial charge in [-0.25, -0.2) is 8.42 Å². The van der Waals surface area contributed by atoms with E-state index in [9.17, 15) is 18.0 Å². The van der Waals surface area contributed by atoms with E-state index in [2.05, 4.69) is 5.32 Å². The fourth-order valence-corrected chi connectivity index (χ4v) is 5.51. The molecule has 7 nitrogen and oxygen atoms in total. The second kappa shape index (κ2) is 13.4. The van der Waals surface area contributed by atoms with Gasteiger partial charge >= 0.3 is 0 Å². The molecule has 0 unspecified atom stereocenters. The highest BCUT2D eigenvalue weighted by atomic mass is 32.2. The summed E-state index contributed by atoms with van der Waals surface area (Å²) in [6.45, 7) is 9.80. The number of anilines is 1. The minimum Gasteiger partial charge on any atom is -0.354 e. The Kier molecular flexibility index (Phi) is 10.3. The van der Waals surface area contributed by atoms with Crippen molar-refractivity contribution in [2.75, 3.05) is 23.9 Å². The van der Waals surface area contributed by atoms with Crippen LogP contribution in [0.15, 0.2) is 83.8 Å². The lowest BCUT2D eigenvalue weighted by molar-refractivity contribution is -0.138. The van der Waals surface area contributed by atoms with Crippen molar-refractivity contribution in [1.29, 1.82) is 0 Å². The zero-order valence-electron chi connectivity index (χ0n) is 23.4. The minimum atomic E-state index is -4.06. The van der Waals surface area contributed by atoms with Gasteiger partial charge in [-0.2, -0.15) is 0 Å². The molecule has 0 aliphatic heterocycles. The molecule has 0 saturated carbocycles. The number of nitrogens with zero attached hydrogens (tertiary/aromatic N) is 2. The number of carbonyl (C=O) groups excluding carboxylic acids is 2. The molecule has 2 amide bonds. The quantitative estimate of drug-likeness (QED) is 0.354. The second-order valence-corrected chi connectivity index (χ2v) is 12.2. The number of nitrogens with one attached hydrogen (secondary N) is 1. The Labute approximate surface area is 232 Å². The van der Waals surface area contributed by atoms with Crippen molar-refractivity contribution in [3.8, 4) is 0 Å². The van der Waals surface area contributed by atoms with Crippen molar-refractivity contribution in [3.05, 3.63) is 95.6 Å². The number of amides is 2. The molecule has 0 aliphatic rings. The summed E-state index contributed by atoms with van der Waals surface area (Å²) in [5.74, 6) is -0.464. The molecule has 0 radical (unpaired) electrons. The van der Waals surface area contributed by atoms with Gasteiger partial charge < -0.3 is 10.2 Å². The SMILES string of the molecule is Cc1ccc(N(CC(=O)N(CCc2ccccc2)[C@@H](C)C(=O)NCC(C)C)S(=O)(=O)c2ccc(C)cc2)cc1. The fourth-order valence-electron chi connectivity index (χ4n) is 4.10. The van der Waals surface area contributed by atoms with E-state index in [1.807, 2.05) is 70.2 Å². The number of benzene rings is 3. The fraction of sp³-hybridized carbons (Fsp3) is 0.355. The molecule has 208 valence electrons. The number of rotatable bonds is 12. The zero-order valence-corrected chi connectivity index (χ0v) is 24.2. The highest BCUT2D eigenvalue weighted by Crippen LogP contribution is 2.25. The van der Waals surface area contributed by atoms with Gasteiger partial charge in [0.05, 0.1) is 10.6 Å². The van der Waals surface area contributed by atoms with Crippen LogP contribution in [0.1, 0.15) is 37.5 Å². The van der Waals surface area contributed by atoms with Crippen LogP contribution in [0.5, 0.6) is 0 Å². The summed E-state index contributed by atoms with van der Waals surface area (Å²) in [6, 6.07) is 22.5. The van der Waals surface area contributed by atoms with E-state index in [-0.39, 0.29) is 23.3 Å². The first kappa shape index (κ1) is 29.9. The van der Waals surface area contributed by atoms with E-state index in [4.69, 9.17) is 0 Å². The zero-order chi connectivity index (χ0) is 28.6. The van der Waals surface area contributed by atoms with Crippen LogP contribution >= 0.6 is 0 Å². The maximum absolute atomic E-state index is 13.9. The Hall–Kier alpha value is -3.65. The van der Waals surface area contributed by atoms with Crippen LogP contribution in [0.25, 0.3) is 0 Å². The maximum atomic E-state index is 13.9. The maximum Gasteiger partial charge on any atom is 0.264 e. The predicted molar refractivity (Wildman–Crippen MR) is 156 cm³/mol. The lowest BCUT2D eigenvalue weighted by Crippen LogP contribution is -2.52. The van der Waals surface area contributed by atoms with Crippen molar-refractivity contribution in [1.82, 2.24) is 10.2 Å². The summed E-state index contributed by atoms with van der Waals surface area (Å²) in [6.07, 6.45) is 0.531. The van der Waals surface area contributed by atoms with Crippen molar-refractivity contribution in [2.45, 2.75) is 52.0 Å². The largest absolute Gasteiger partial charge is 0.354 e. The summed E-state index contributed by atoms with van der Waals surface area (Å²) in [5, 5.41) is 2.90. The van der Waals surface area contributed by atoms with Crippen LogP contribution in [0.2, 0.25) is 0 Å². The molecule has 0 saturated heterocycles. The van der Waals surface area contributed by atoms with Gasteiger partial charge in [0.2, 0.25) is 11.8 Å². The van der Waals surface area contributed by atoms with E-state index in [0.29, 0.717) is 18.7 Å². The predicted octanol–water partition coefficient (Wildman–Crippen LogP) is 4.73. The Balaban J connectivity index is 1.95. The third-order valence-corrected chi connectivity index (χ3v) is 8.33. The molecular formula is C31H39N3O4S. The molecule has 0 fully saturated rings. The number of hydrogen-bond donors (Lipinski definition) is 1. The molecule has 0 heterocycles. The Morgan fingerprint density at radius 3 is 1.95 bits per heavy atom. The molecule has 1 atom stereocenters. The lowest BCUT2D eigenvalue weighted by atomic mass is 10.1. The highest BCUT2D eigenvalue weighted by molar-refractivity contribution is 7.92. The second-order valence-electron chi connectivity index (χ2n) is 10.3. The van der Waals surface area contributed by atoms with Gasteiger partial charge in [0.1, 0.15) is 12.6 Å². The molecule has 0 aromatic heterocycles. The van der Waals surface area contributed by atoms with Crippen LogP contribution in [0.3, 0.4) is 0 Å². The van der Waals surface area contributed by atoms with E-state index >= 15 is 0 Å². The first-order valence-corrected chi connectivity index (χ1v) is 14.7. The van der Waals surface area contributed by atoms with Gasteiger partial charge in [0.15, 0.2) is 0 Å². The molecule has 3 rings (SSSR count). The van der Waals surface area contributed by atoms with Crippen LogP contribution in [-0.2, 0) is 26.0 Å². The molecule has 8 heteroatoms. The smallest absolute Gasteiger partial charge is 0.264 e. The van der Waals surface area contributed by atoms with Crippen LogP contribution in [0, 0.1) is 19.8 Å². The first-order valence-electron chi connectivity index (χ1n) is 13.3. The molecule has 3 aromatic carbocycles. The van der Waals surface area contributed by atoms with Crippen molar-refractivity contribution in [2.24, 2.45) is 5.92 Å². The van der Waals surface area contributed by atoms with Gasteiger partial charge in [-0.1, -0.05) is 79.6 Å². The third-order valence-electron chi connectivity index (χ3n) is 6.55. The lowest BCUT2D eigenvalue weighted by Gasteiger charge is -2.32. The Morgan fingerprint density at radius 2 is 1.38 bits per heavy atom. The summed E-state index contributed by atoms with van der Waals surface area (Å²) in [5.41, 5.74) is 3.31. The van der Waals surface area contributed by atoms with Crippen molar-refractivity contribution >= 4 is 27.5 Å². The first-order chi connectivity index (χ1) is 18.5. The molecular weight excluding hydrogens is 510 g/mol. The Morgan fingerprint density at radius 1 is 0.821 bits per heavy atom. The molecule has 0 aliphatic carbocycles. The van der Waals surface area contributed by atoms with Gasteiger partial charge in [0.25, 0.3) is 10.0 Å². The van der Waals surface area contributed by atoms with Crippen LogP contribution < -0.4 is 9.62 Å². The molecule has 0 spiro atoms. The molecule has 3 aromatic rings. The standard InChI is InChI=1S/C31H39N3O4S/c1-23(2)21-32-31(36)26(5)33(20-19-27-9-7-6-8-10-27)30(35)22-34(28-15-11-24(3)12-16-28)39(37,38)29-17-13-25(4)14-18-29/h6-18,23,26H,19-22H2,1-5H3,(H,32,36)/t26-/m0/s1. The summed E-state index contributed by atoms with van der Waals surface area (Å²) in [7, 11) is -4.06. The summed E-state index contributed by atoms with van der Waals surface area (Å²) < 4.78 is 28.8. The van der Waals surface area contributed by atoms with Crippen molar-refractivity contribution < 1.29 is 18.0 Å². The van der Waals surface area contributed by atoms with E-state index in [0.717, 1.165) is 21.0 Å². The Bertz CT molecular complexity index is 1340. The van der Waals surface area contributed by atoms with Gasteiger partial charge in [-0.15, -0.1) is 0 Å². The topological polar surface area (TPSA) is 86.8 Å². The number of carbonyl (C=O) groups is 2. The number of sulfonamides is 1. The van der Waals surface area contributed by atoms with E-state index in [1.54, 1.807) is 43.3 Å². The van der Waals surface area contributed by atoms with E-state index in [1.165, 1.54) is 4.90 Å². The minimum absolute atomic E-state index is 0.0973. The normalized spacial score (nSPS) is 12.2. The number of hydrogen-bond acceptors (Lipinski definition) is 4. The van der Waals surface area contributed by atoms with E-state index < -0.39 is 28.5 Å². The third kappa shape index (κ3) is 8.17. The summed E-state index contributed by atoms with van der Waals surface area (Å²) in [4.78, 5) is 28.5. The molecule has 39 heavy (non-hydrogen) atoms. The van der Waals surface area contributed by atoms with Gasteiger partial charge in [0, 0.05) is 13.1 Å². The average Bonchev–Trinajstić information content (AvgIpc) is 2.91. The van der Waals surface area contributed by atoms with Crippen molar-refractivity contribution in [3.63, 3.8) is 0 Å². The summed E-state index contributed by atoms with van der Waals surface area (Å²) >= 11 is 0. The van der Waals surface area contributed by atoms with Gasteiger partial charge in [-0.05, 0) is 62.9 Å².